The van der Waals surface area contributed by atoms with Crippen LogP contribution in [0.5, 0.6) is 0 Å². The quantitative estimate of drug-likeness (QED) is 0.643. The van der Waals surface area contributed by atoms with Crippen molar-refractivity contribution >= 4 is 34.0 Å². The number of aryl methyl sites for hydroxylation is 2. The van der Waals surface area contributed by atoms with Crippen LogP contribution in [0.25, 0.3) is 0 Å². The number of hydrogen-bond acceptors (Lipinski definition) is 6. The van der Waals surface area contributed by atoms with Crippen LogP contribution in [0.15, 0.2) is 22.5 Å². The number of nitrogens with zero attached hydrogens (tertiary/aromatic N) is 2. The Hall–Kier alpha value is -1.40. The van der Waals surface area contributed by atoms with Crippen molar-refractivity contribution in [1.29, 1.82) is 0 Å². The highest BCUT2D eigenvalue weighted by Crippen LogP contribution is 2.27. The molecule has 3 rings (SSSR count). The molecule has 0 radical (unpaired) electrons. The summed E-state index contributed by atoms with van der Waals surface area (Å²) < 4.78 is 0.835. The van der Waals surface area contributed by atoms with E-state index in [1.807, 2.05) is 13.0 Å². The summed E-state index contributed by atoms with van der Waals surface area (Å²) in [6.45, 7) is 2.85. The van der Waals surface area contributed by atoms with E-state index in [1.165, 1.54) is 47.1 Å². The molecule has 2 aromatic rings. The molecule has 0 amide bonds. The van der Waals surface area contributed by atoms with Crippen LogP contribution in [-0.2, 0) is 12.8 Å². The number of aromatic nitrogens is 2. The molecule has 0 unspecified atom stereocenters. The standard InChI is InChI=1S/C16H19N3OS2/c1-2-17-15-18-19-16(22-15)21-10-14(20)13-8-7-11-5-3-4-6-12(11)9-13/h7-9H,2-6,10H2,1H3,(H,17,18). The van der Waals surface area contributed by atoms with Crippen molar-refractivity contribution in [2.24, 2.45) is 0 Å². The second-order valence-corrected chi connectivity index (χ2v) is 7.51. The summed E-state index contributed by atoms with van der Waals surface area (Å²) in [5.41, 5.74) is 3.59. The van der Waals surface area contributed by atoms with E-state index in [0.717, 1.165) is 34.4 Å². The van der Waals surface area contributed by atoms with Gasteiger partial charge in [0.2, 0.25) is 5.13 Å². The fourth-order valence-electron chi connectivity index (χ4n) is 2.61. The minimum Gasteiger partial charge on any atom is -0.360 e. The molecule has 0 fully saturated rings. The lowest BCUT2D eigenvalue weighted by atomic mass is 9.90. The first-order valence-corrected chi connectivity index (χ1v) is 9.41. The summed E-state index contributed by atoms with van der Waals surface area (Å²) in [6, 6.07) is 6.18. The van der Waals surface area contributed by atoms with Crippen LogP contribution < -0.4 is 5.32 Å². The van der Waals surface area contributed by atoms with Crippen molar-refractivity contribution < 1.29 is 4.79 Å². The summed E-state index contributed by atoms with van der Waals surface area (Å²) in [5, 5.41) is 12.1. The zero-order valence-electron chi connectivity index (χ0n) is 12.6. The summed E-state index contributed by atoms with van der Waals surface area (Å²) >= 11 is 2.96. The fourth-order valence-corrected chi connectivity index (χ4v) is 4.32. The lowest BCUT2D eigenvalue weighted by Gasteiger charge is -2.16. The molecular formula is C16H19N3OS2. The number of thioether (sulfide) groups is 1. The molecule has 1 N–H and O–H groups in total. The monoisotopic (exact) mass is 333 g/mol. The fraction of sp³-hybridized carbons (Fsp3) is 0.438. The first-order valence-electron chi connectivity index (χ1n) is 7.61. The predicted octanol–water partition coefficient (Wildman–Crippen LogP) is 3.82. The van der Waals surface area contributed by atoms with Crippen LogP contribution in [0.1, 0.15) is 41.3 Å². The van der Waals surface area contributed by atoms with Gasteiger partial charge in [-0.2, -0.15) is 0 Å². The molecule has 4 nitrogen and oxygen atoms in total. The molecule has 1 heterocycles. The molecule has 1 aromatic carbocycles. The number of anilines is 1. The Labute approximate surface area is 138 Å². The molecule has 0 saturated carbocycles. The van der Waals surface area contributed by atoms with Crippen molar-refractivity contribution in [3.8, 4) is 0 Å². The number of Topliss-reactive ketones (excluding diaryl/α,β-unsaturated/α-hetero) is 1. The lowest BCUT2D eigenvalue weighted by Crippen LogP contribution is -2.07. The Balaban J connectivity index is 1.61. The molecule has 0 aliphatic heterocycles. The van der Waals surface area contributed by atoms with E-state index in [2.05, 4.69) is 27.6 Å². The molecule has 116 valence electrons. The highest BCUT2D eigenvalue weighted by molar-refractivity contribution is 8.01. The normalized spacial score (nSPS) is 13.7. The maximum Gasteiger partial charge on any atom is 0.206 e. The molecule has 1 aliphatic carbocycles. The first-order chi connectivity index (χ1) is 10.8. The summed E-state index contributed by atoms with van der Waals surface area (Å²) in [7, 11) is 0. The van der Waals surface area contributed by atoms with E-state index >= 15 is 0 Å². The van der Waals surface area contributed by atoms with Crippen molar-refractivity contribution in [2.45, 2.75) is 36.9 Å². The van der Waals surface area contributed by atoms with Gasteiger partial charge in [-0.05, 0) is 49.8 Å². The maximum absolute atomic E-state index is 12.4. The van der Waals surface area contributed by atoms with Gasteiger partial charge in [0.25, 0.3) is 0 Å². The third-order valence-electron chi connectivity index (χ3n) is 3.73. The highest BCUT2D eigenvalue weighted by atomic mass is 32.2. The van der Waals surface area contributed by atoms with Crippen LogP contribution in [0.2, 0.25) is 0 Å². The molecule has 0 atom stereocenters. The topological polar surface area (TPSA) is 54.9 Å². The van der Waals surface area contributed by atoms with Gasteiger partial charge in [-0.3, -0.25) is 4.79 Å². The molecule has 0 saturated heterocycles. The SMILES string of the molecule is CCNc1nnc(SCC(=O)c2ccc3c(c2)CCCC3)s1. The molecule has 6 heteroatoms. The Morgan fingerprint density at radius 2 is 2.09 bits per heavy atom. The van der Waals surface area contributed by atoms with Gasteiger partial charge < -0.3 is 5.32 Å². The van der Waals surface area contributed by atoms with E-state index in [1.54, 1.807) is 0 Å². The van der Waals surface area contributed by atoms with E-state index in [9.17, 15) is 4.79 Å². The van der Waals surface area contributed by atoms with Gasteiger partial charge in [-0.1, -0.05) is 35.2 Å². The van der Waals surface area contributed by atoms with Crippen LogP contribution in [0.3, 0.4) is 0 Å². The Morgan fingerprint density at radius 3 is 2.91 bits per heavy atom. The summed E-state index contributed by atoms with van der Waals surface area (Å²) in [5.74, 6) is 0.582. The molecule has 0 bridgehead atoms. The van der Waals surface area contributed by atoms with Gasteiger partial charge >= 0.3 is 0 Å². The van der Waals surface area contributed by atoms with E-state index in [-0.39, 0.29) is 5.78 Å². The number of fused-ring (bicyclic) bond motifs is 1. The van der Waals surface area contributed by atoms with Crippen LogP contribution in [0.4, 0.5) is 5.13 Å². The number of nitrogens with one attached hydrogen (secondary N) is 1. The Morgan fingerprint density at radius 1 is 1.27 bits per heavy atom. The average molecular weight is 333 g/mol. The minimum atomic E-state index is 0.165. The average Bonchev–Trinajstić information content (AvgIpc) is 3.00. The first kappa shape index (κ1) is 15.5. The van der Waals surface area contributed by atoms with Crippen molar-refractivity contribution in [1.82, 2.24) is 10.2 Å². The summed E-state index contributed by atoms with van der Waals surface area (Å²) in [4.78, 5) is 12.4. The van der Waals surface area contributed by atoms with Crippen molar-refractivity contribution in [3.63, 3.8) is 0 Å². The van der Waals surface area contributed by atoms with E-state index in [4.69, 9.17) is 0 Å². The van der Waals surface area contributed by atoms with Crippen molar-refractivity contribution in [2.75, 3.05) is 17.6 Å². The minimum absolute atomic E-state index is 0.165. The number of rotatable bonds is 6. The summed E-state index contributed by atoms with van der Waals surface area (Å²) in [6.07, 6.45) is 4.75. The largest absolute Gasteiger partial charge is 0.360 e. The third kappa shape index (κ3) is 3.67. The zero-order valence-corrected chi connectivity index (χ0v) is 14.2. The number of hydrogen-bond donors (Lipinski definition) is 1. The highest BCUT2D eigenvalue weighted by Gasteiger charge is 2.14. The smallest absolute Gasteiger partial charge is 0.206 e. The molecule has 22 heavy (non-hydrogen) atoms. The van der Waals surface area contributed by atoms with Gasteiger partial charge in [0.05, 0.1) is 5.75 Å². The molecule has 1 aromatic heterocycles. The van der Waals surface area contributed by atoms with Gasteiger partial charge in [-0.25, -0.2) is 0 Å². The van der Waals surface area contributed by atoms with E-state index in [0.29, 0.717) is 5.75 Å². The van der Waals surface area contributed by atoms with Gasteiger partial charge in [0.15, 0.2) is 10.1 Å². The van der Waals surface area contributed by atoms with Gasteiger partial charge in [0, 0.05) is 12.1 Å². The van der Waals surface area contributed by atoms with Gasteiger partial charge in [-0.15, -0.1) is 10.2 Å². The number of carbonyl (C=O) groups excluding carboxylic acids is 1. The van der Waals surface area contributed by atoms with Gasteiger partial charge in [0.1, 0.15) is 0 Å². The number of carbonyl (C=O) groups is 1. The molecule has 0 spiro atoms. The zero-order chi connectivity index (χ0) is 15.4. The van der Waals surface area contributed by atoms with Crippen molar-refractivity contribution in [3.05, 3.63) is 34.9 Å². The van der Waals surface area contributed by atoms with E-state index < -0.39 is 0 Å². The Bertz CT molecular complexity index is 669. The molecule has 1 aliphatic rings. The van der Waals surface area contributed by atoms with Crippen LogP contribution in [-0.4, -0.2) is 28.3 Å². The van der Waals surface area contributed by atoms with Crippen LogP contribution >= 0.6 is 23.1 Å². The second-order valence-electron chi connectivity index (χ2n) is 5.31. The Kier molecular flexibility index (Phi) is 5.10. The maximum atomic E-state index is 12.4. The molecular weight excluding hydrogens is 314 g/mol. The second kappa shape index (κ2) is 7.24. The number of ketones is 1. The third-order valence-corrected chi connectivity index (χ3v) is 5.75. The lowest BCUT2D eigenvalue weighted by molar-refractivity contribution is 0.102. The number of benzene rings is 1. The predicted molar refractivity (Wildman–Crippen MR) is 92.2 cm³/mol. The van der Waals surface area contributed by atoms with Crippen LogP contribution in [0, 0.1) is 0 Å².